The molecule has 28 heteroatoms. The minimum atomic E-state index is -5.08. The van der Waals surface area contributed by atoms with Gasteiger partial charge < -0.3 is 30.7 Å². The minimum Gasteiger partial charge on any atom is -0.475 e. The first-order valence-electron chi connectivity index (χ1n) is 22.3. The normalized spacial score (nSPS) is 21.1. The van der Waals surface area contributed by atoms with Crippen molar-refractivity contribution in [2.45, 2.75) is 86.6 Å². The lowest BCUT2D eigenvalue weighted by atomic mass is 9.86. The number of benzene rings is 4. The topological polar surface area (TPSA) is 193 Å². The molecule has 4 aromatic carbocycles. The van der Waals surface area contributed by atoms with E-state index in [1.165, 1.54) is 40.7 Å². The molecule has 9 rings (SSSR count). The lowest BCUT2D eigenvalue weighted by molar-refractivity contribution is -0.711. The molecular weight excluding hydrogens is 1120 g/mol. The quantitative estimate of drug-likeness (QED) is 0.113. The molecule has 2 amide bonds. The number of oxime groups is 2. The number of nitrogens with zero attached hydrogens (tertiary/aromatic N) is 3. The van der Waals surface area contributed by atoms with Gasteiger partial charge in [0.25, 0.3) is 23.0 Å². The van der Waals surface area contributed by atoms with Gasteiger partial charge in [0.2, 0.25) is 10.0 Å². The highest BCUT2D eigenvalue weighted by Gasteiger charge is 2.63. The average molecular weight is 1160 g/mol. The number of aliphatic carboxylic acids is 1. The summed E-state index contributed by atoms with van der Waals surface area (Å²) in [6, 6.07) is 16.5. The van der Waals surface area contributed by atoms with E-state index in [0.717, 1.165) is 25.2 Å². The Balaban J connectivity index is 0.000000196. The Labute approximate surface area is 441 Å². The molecule has 14 nitrogen and oxygen atoms in total. The first-order chi connectivity index (χ1) is 34.8. The van der Waals surface area contributed by atoms with E-state index in [1.807, 2.05) is 0 Å². The molecule has 4 heterocycles. The average Bonchev–Trinajstić information content (AvgIpc) is 3.86. The van der Waals surface area contributed by atoms with E-state index in [-0.39, 0.29) is 84.9 Å². The predicted molar refractivity (Wildman–Crippen MR) is 257 cm³/mol. The molecule has 0 bridgehead atoms. The summed E-state index contributed by atoms with van der Waals surface area (Å²) in [5.41, 5.74) is -2.97. The standard InChI is InChI=1S/C24H22Cl2F3N3O4S.C21H18Cl2F3N3O2.C2HF3O2/c1-13-6-14(2-5-20(13)22(33)30-18-11-32(12-18)37(34,35)19-3-4-19)21-10-23(36-31-21,24(27,28)29)15-7-16(25)9-17(26)8-15;1-11-4-12(2-3-17(11)19(30)28-16-9-27-10-16)18-8-20(31-29-18,21(24,25)26)13-5-14(22)7-15(23)6-13;3-2(4,5)1(6)7/h2,5-9,18-19H,3-4,10-12H2,1H3,(H,30,33);2-7,16,27H,8-10H2,1H3,(H,28,30);(H,6,7)/p+1/t23-;20-;/m00./s1. The predicted octanol–water partition coefficient (Wildman–Crippen LogP) is 8.98. The summed E-state index contributed by atoms with van der Waals surface area (Å²) in [6.45, 7) is 5.52. The third-order valence-corrected chi connectivity index (χ3v) is 15.8. The van der Waals surface area contributed by atoms with Crippen LogP contribution in [0.1, 0.15) is 79.8 Å². The molecule has 75 heavy (non-hydrogen) atoms. The lowest BCUT2D eigenvalue weighted by Gasteiger charge is -2.38. The summed E-state index contributed by atoms with van der Waals surface area (Å²) in [5.74, 6) is -3.35. The molecule has 4 aromatic rings. The van der Waals surface area contributed by atoms with Crippen molar-refractivity contribution in [2.24, 2.45) is 10.3 Å². The van der Waals surface area contributed by atoms with Crippen LogP contribution in [-0.4, -0.2) is 109 Å². The number of alkyl halides is 9. The first kappa shape index (κ1) is 57.3. The second kappa shape index (κ2) is 21.6. The zero-order chi connectivity index (χ0) is 55.2. The largest absolute Gasteiger partial charge is 0.490 e. The monoisotopic (exact) mass is 1160 g/mol. The van der Waals surface area contributed by atoms with Gasteiger partial charge >= 0.3 is 24.5 Å². The Kier molecular flexibility index (Phi) is 16.5. The van der Waals surface area contributed by atoms with Gasteiger partial charge in [0.1, 0.15) is 19.1 Å². The molecule has 0 aromatic heterocycles. The van der Waals surface area contributed by atoms with E-state index in [0.29, 0.717) is 46.2 Å². The van der Waals surface area contributed by atoms with Crippen molar-refractivity contribution in [1.82, 2.24) is 14.9 Å². The van der Waals surface area contributed by atoms with Crippen molar-refractivity contribution in [2.75, 3.05) is 26.2 Å². The Bertz CT molecular complexity index is 3040. The maximum absolute atomic E-state index is 14.2. The number of carboxylic acids is 1. The van der Waals surface area contributed by atoms with Crippen LogP contribution in [0.15, 0.2) is 83.1 Å². The number of nitrogens with one attached hydrogen (secondary N) is 2. The van der Waals surface area contributed by atoms with Gasteiger partial charge in [-0.25, -0.2) is 13.2 Å². The molecule has 2 saturated heterocycles. The van der Waals surface area contributed by atoms with Crippen molar-refractivity contribution in [3.63, 3.8) is 0 Å². The Hall–Kier alpha value is -5.37. The van der Waals surface area contributed by atoms with Crippen LogP contribution in [0.4, 0.5) is 39.5 Å². The molecule has 404 valence electrons. The maximum Gasteiger partial charge on any atom is 0.490 e. The second-order valence-corrected chi connectivity index (χ2v) is 22.1. The number of sulfonamides is 1. The van der Waals surface area contributed by atoms with E-state index in [2.05, 4.69) is 26.3 Å². The fraction of sp³-hybridized carbons (Fsp3) is 0.383. The highest BCUT2D eigenvalue weighted by Crippen LogP contribution is 2.51. The van der Waals surface area contributed by atoms with Crippen molar-refractivity contribution >= 4 is 85.6 Å². The summed E-state index contributed by atoms with van der Waals surface area (Å²) < 4.78 is 143. The lowest BCUT2D eigenvalue weighted by Crippen LogP contribution is -3.00. The van der Waals surface area contributed by atoms with E-state index < -0.39 is 58.6 Å². The zero-order valence-corrected chi connectivity index (χ0v) is 42.7. The minimum absolute atomic E-state index is 0.0362. The van der Waals surface area contributed by atoms with E-state index >= 15 is 0 Å². The van der Waals surface area contributed by atoms with Crippen molar-refractivity contribution in [3.05, 3.63) is 137 Å². The molecule has 1 aliphatic carbocycles. The zero-order valence-electron chi connectivity index (χ0n) is 38.9. The number of carboxylic acid groups (broad SMARTS) is 1. The third kappa shape index (κ3) is 12.6. The second-order valence-electron chi connectivity index (χ2n) is 18.1. The molecular formula is C47H42Cl4F9N6O8S+. The Morgan fingerprint density at radius 3 is 1.33 bits per heavy atom. The van der Waals surface area contributed by atoms with Crippen molar-refractivity contribution in [1.29, 1.82) is 0 Å². The number of amides is 2. The smallest absolute Gasteiger partial charge is 0.475 e. The van der Waals surface area contributed by atoms with E-state index in [9.17, 15) is 57.5 Å². The van der Waals surface area contributed by atoms with Gasteiger partial charge in [0, 0.05) is 68.3 Å². The van der Waals surface area contributed by atoms with Crippen LogP contribution in [0.25, 0.3) is 0 Å². The SMILES string of the molecule is Cc1cc(C2=NO[C@@](c3cc(Cl)cc(Cl)c3)(C(F)(F)F)C2)ccc1C(=O)NC1CN(S(=O)(=O)C2CC2)C1.Cc1cc(C2=NO[C@@](c3cc(Cl)cc(Cl)c3)(C(F)(F)F)C2)ccc1C(=O)NC1C[NH2+]C1.O=C(O)C(F)(F)F. The number of carbonyl (C=O) groups excluding carboxylic acids is 2. The molecule has 2 atom stereocenters. The van der Waals surface area contributed by atoms with Gasteiger partial charge in [-0.3, -0.25) is 9.59 Å². The van der Waals surface area contributed by atoms with Crippen LogP contribution >= 0.6 is 46.4 Å². The van der Waals surface area contributed by atoms with Gasteiger partial charge in [-0.05, 0) is 110 Å². The number of hydrogen-bond acceptors (Lipinski definition) is 9. The van der Waals surface area contributed by atoms with Crippen LogP contribution in [0.3, 0.4) is 0 Å². The fourth-order valence-electron chi connectivity index (χ4n) is 8.18. The van der Waals surface area contributed by atoms with Crippen LogP contribution in [0.5, 0.6) is 0 Å². The van der Waals surface area contributed by atoms with Gasteiger partial charge in [0.15, 0.2) is 0 Å². The third-order valence-electron chi connectivity index (χ3n) is 12.6. The molecule has 5 aliphatic rings. The highest BCUT2D eigenvalue weighted by molar-refractivity contribution is 7.90. The van der Waals surface area contributed by atoms with Gasteiger partial charge in [0.05, 0.1) is 22.7 Å². The molecule has 0 spiro atoms. The summed E-state index contributed by atoms with van der Waals surface area (Å²) in [5, 5.41) is 22.4. The number of aryl methyl sites for hydroxylation is 2. The number of quaternary nitrogens is 1. The van der Waals surface area contributed by atoms with Crippen LogP contribution < -0.4 is 16.0 Å². The van der Waals surface area contributed by atoms with Gasteiger partial charge in [-0.2, -0.15) is 43.8 Å². The molecule has 0 radical (unpaired) electrons. The number of carbonyl (C=O) groups is 3. The van der Waals surface area contributed by atoms with Gasteiger partial charge in [-0.1, -0.05) is 68.8 Å². The maximum atomic E-state index is 14.2. The molecule has 1 saturated carbocycles. The highest BCUT2D eigenvalue weighted by atomic mass is 35.5. The number of rotatable bonds is 10. The first-order valence-corrected chi connectivity index (χ1v) is 25.4. The van der Waals surface area contributed by atoms with Crippen LogP contribution in [-0.2, 0) is 35.7 Å². The number of hydrogen-bond donors (Lipinski definition) is 4. The summed E-state index contributed by atoms with van der Waals surface area (Å²) in [6.07, 6.45) is -14.5. The Morgan fingerprint density at radius 1 is 0.653 bits per heavy atom. The number of nitrogens with two attached hydrogens (primary N) is 1. The molecule has 3 fully saturated rings. The van der Waals surface area contributed by atoms with Crippen molar-refractivity contribution in [3.8, 4) is 0 Å². The van der Waals surface area contributed by atoms with Gasteiger partial charge in [-0.15, -0.1) is 0 Å². The molecule has 4 aliphatic heterocycles. The van der Waals surface area contributed by atoms with Crippen LogP contribution in [0, 0.1) is 13.8 Å². The summed E-state index contributed by atoms with van der Waals surface area (Å²) in [4.78, 5) is 44.2. The van der Waals surface area contributed by atoms with E-state index in [4.69, 9.17) is 66.0 Å². The van der Waals surface area contributed by atoms with Crippen LogP contribution in [0.2, 0.25) is 20.1 Å². The molecule has 5 N–H and O–H groups in total. The Morgan fingerprint density at radius 2 is 1.03 bits per heavy atom. The van der Waals surface area contributed by atoms with E-state index in [1.54, 1.807) is 38.1 Å². The number of halogens is 13. The summed E-state index contributed by atoms with van der Waals surface area (Å²) >= 11 is 23.7. The summed E-state index contributed by atoms with van der Waals surface area (Å²) in [7, 11) is -3.27. The van der Waals surface area contributed by atoms with Crippen molar-refractivity contribution < 1.29 is 82.4 Å². The molecule has 0 unspecified atom stereocenters. The fourth-order valence-corrected chi connectivity index (χ4v) is 11.2.